The molecule has 1 unspecified atom stereocenters. The Morgan fingerprint density at radius 2 is 2.00 bits per heavy atom. The Balaban J connectivity index is 4.45. The fourth-order valence-corrected chi connectivity index (χ4v) is 3.37. The SMILES string of the molecule is C=CCC(O)(CC)[Si](Cl)(Cl)Cl. The van der Waals surface area contributed by atoms with Crippen LogP contribution in [0.15, 0.2) is 12.7 Å². The molecule has 0 aromatic rings. The molecule has 0 aliphatic carbocycles. The summed E-state index contributed by atoms with van der Waals surface area (Å²) in [5.74, 6) is 0. The van der Waals surface area contributed by atoms with Crippen molar-refractivity contribution in [1.29, 1.82) is 0 Å². The summed E-state index contributed by atoms with van der Waals surface area (Å²) in [7, 11) is 0. The van der Waals surface area contributed by atoms with E-state index in [1.54, 1.807) is 13.0 Å². The molecule has 0 heterocycles. The Labute approximate surface area is 82.1 Å². The van der Waals surface area contributed by atoms with Crippen LogP contribution in [0.1, 0.15) is 19.8 Å². The van der Waals surface area contributed by atoms with Crippen molar-refractivity contribution in [2.75, 3.05) is 0 Å². The second kappa shape index (κ2) is 4.15. The third kappa shape index (κ3) is 2.96. The first-order valence-electron chi connectivity index (χ1n) is 3.27. The van der Waals surface area contributed by atoms with Crippen LogP contribution in [-0.4, -0.2) is 16.3 Å². The van der Waals surface area contributed by atoms with E-state index < -0.39 is 11.2 Å². The summed E-state index contributed by atoms with van der Waals surface area (Å²) in [6.45, 7) is 5.28. The van der Waals surface area contributed by atoms with Gasteiger partial charge in [-0.05, 0) is 12.8 Å². The molecular formula is C6H11Cl3OSi. The maximum atomic E-state index is 9.75. The lowest BCUT2D eigenvalue weighted by Crippen LogP contribution is -2.46. The summed E-state index contributed by atoms with van der Waals surface area (Å²) in [5, 5.41) is 8.60. The van der Waals surface area contributed by atoms with Crippen LogP contribution in [0, 0.1) is 0 Å². The molecule has 1 atom stereocenters. The Morgan fingerprint density at radius 3 is 2.09 bits per heavy atom. The summed E-state index contributed by atoms with van der Waals surface area (Å²) >= 11 is 17.1. The Morgan fingerprint density at radius 1 is 1.55 bits per heavy atom. The van der Waals surface area contributed by atoms with Crippen molar-refractivity contribution < 1.29 is 5.11 Å². The van der Waals surface area contributed by atoms with Crippen molar-refractivity contribution in [3.8, 4) is 0 Å². The molecule has 5 heteroatoms. The summed E-state index contributed by atoms with van der Waals surface area (Å²) in [5.41, 5.74) is 0. The van der Waals surface area contributed by atoms with E-state index in [9.17, 15) is 5.11 Å². The molecule has 0 aromatic carbocycles. The highest BCUT2D eigenvalue weighted by Gasteiger charge is 2.48. The first-order valence-corrected chi connectivity index (χ1v) is 8.31. The molecule has 1 N–H and O–H groups in total. The van der Waals surface area contributed by atoms with Gasteiger partial charge in [0, 0.05) is 0 Å². The van der Waals surface area contributed by atoms with Gasteiger partial charge < -0.3 is 5.11 Å². The summed E-state index contributed by atoms with van der Waals surface area (Å²) in [4.78, 5) is 0. The van der Waals surface area contributed by atoms with Gasteiger partial charge in [0.1, 0.15) is 5.22 Å². The standard InChI is InChI=1S/C6H11Cl3OSi/c1-3-5-6(10,4-2)11(7,8)9/h3,10H,1,4-5H2,2H3. The smallest absolute Gasteiger partial charge is 0.372 e. The maximum Gasteiger partial charge on any atom is 0.372 e. The second-order valence-corrected chi connectivity index (χ2v) is 11.1. The summed E-state index contributed by atoms with van der Waals surface area (Å²) in [6.07, 6.45) is 2.35. The van der Waals surface area contributed by atoms with Gasteiger partial charge in [-0.25, -0.2) is 0 Å². The molecule has 0 rings (SSSR count). The molecule has 66 valence electrons. The lowest BCUT2D eigenvalue weighted by Gasteiger charge is -2.30. The van der Waals surface area contributed by atoms with Crippen LogP contribution < -0.4 is 0 Å². The highest BCUT2D eigenvalue weighted by molar-refractivity contribution is 7.65. The van der Waals surface area contributed by atoms with Crippen LogP contribution in [0.25, 0.3) is 0 Å². The molecule has 1 nitrogen and oxygen atoms in total. The Kier molecular flexibility index (Phi) is 4.44. The summed E-state index contributed by atoms with van der Waals surface area (Å²) < 4.78 is 0. The molecule has 0 amide bonds. The van der Waals surface area contributed by atoms with E-state index in [0.717, 1.165) is 0 Å². The predicted molar refractivity (Wildman–Crippen MR) is 53.4 cm³/mol. The molecule has 0 aliphatic rings. The molecular weight excluding hydrogens is 223 g/mol. The molecule has 0 fully saturated rings. The quantitative estimate of drug-likeness (QED) is 0.450. The van der Waals surface area contributed by atoms with Gasteiger partial charge >= 0.3 is 6.00 Å². The first kappa shape index (κ1) is 11.8. The van der Waals surface area contributed by atoms with Crippen molar-refractivity contribution in [3.63, 3.8) is 0 Å². The minimum absolute atomic E-state index is 0.340. The zero-order valence-corrected chi connectivity index (χ0v) is 9.55. The van der Waals surface area contributed by atoms with Gasteiger partial charge in [0.05, 0.1) is 0 Å². The third-order valence-corrected chi connectivity index (χ3v) is 6.37. The van der Waals surface area contributed by atoms with Crippen molar-refractivity contribution in [3.05, 3.63) is 12.7 Å². The molecule has 0 spiro atoms. The maximum absolute atomic E-state index is 9.75. The Hall–Kier alpha value is 0.787. The van der Waals surface area contributed by atoms with Crippen LogP contribution in [0.4, 0.5) is 0 Å². The molecule has 0 saturated carbocycles. The van der Waals surface area contributed by atoms with Gasteiger partial charge in [-0.1, -0.05) is 13.0 Å². The van der Waals surface area contributed by atoms with Gasteiger partial charge in [-0.15, -0.1) is 39.8 Å². The molecule has 0 aliphatic heterocycles. The van der Waals surface area contributed by atoms with Crippen LogP contribution in [0.5, 0.6) is 0 Å². The average Bonchev–Trinajstić information content (AvgIpc) is 1.86. The number of hydrogen-bond donors (Lipinski definition) is 1. The van der Waals surface area contributed by atoms with Crippen LogP contribution >= 0.6 is 33.2 Å². The zero-order valence-electron chi connectivity index (χ0n) is 6.28. The van der Waals surface area contributed by atoms with E-state index in [-0.39, 0.29) is 0 Å². The van der Waals surface area contributed by atoms with Crippen molar-refractivity contribution in [1.82, 2.24) is 0 Å². The molecule has 0 aromatic heterocycles. The fourth-order valence-electron chi connectivity index (χ4n) is 0.699. The van der Waals surface area contributed by atoms with Crippen LogP contribution in [0.3, 0.4) is 0 Å². The van der Waals surface area contributed by atoms with E-state index in [1.165, 1.54) is 0 Å². The first-order chi connectivity index (χ1) is 4.87. The third-order valence-electron chi connectivity index (χ3n) is 1.59. The highest BCUT2D eigenvalue weighted by Crippen LogP contribution is 2.37. The van der Waals surface area contributed by atoms with Crippen molar-refractivity contribution in [2.24, 2.45) is 0 Å². The average molecular weight is 234 g/mol. The fraction of sp³-hybridized carbons (Fsp3) is 0.667. The topological polar surface area (TPSA) is 20.2 Å². The molecule has 0 saturated heterocycles. The largest absolute Gasteiger partial charge is 0.389 e. The van der Waals surface area contributed by atoms with Crippen molar-refractivity contribution >= 4 is 39.2 Å². The second-order valence-electron chi connectivity index (χ2n) is 2.38. The van der Waals surface area contributed by atoms with Gasteiger partial charge in [-0.3, -0.25) is 0 Å². The van der Waals surface area contributed by atoms with Gasteiger partial charge in [0.15, 0.2) is 0 Å². The van der Waals surface area contributed by atoms with Crippen molar-refractivity contribution in [2.45, 2.75) is 25.0 Å². The molecule has 0 radical (unpaired) electrons. The lowest BCUT2D eigenvalue weighted by atomic mass is 10.2. The monoisotopic (exact) mass is 232 g/mol. The molecule has 11 heavy (non-hydrogen) atoms. The van der Waals surface area contributed by atoms with E-state index in [0.29, 0.717) is 12.8 Å². The zero-order chi connectivity index (χ0) is 9.12. The van der Waals surface area contributed by atoms with Gasteiger partial charge in [-0.2, -0.15) is 0 Å². The molecule has 0 bridgehead atoms. The highest BCUT2D eigenvalue weighted by atomic mass is 35.8. The van der Waals surface area contributed by atoms with Crippen LogP contribution in [0.2, 0.25) is 0 Å². The lowest BCUT2D eigenvalue weighted by molar-refractivity contribution is 0.122. The number of halogens is 3. The van der Waals surface area contributed by atoms with E-state index in [1.807, 2.05) is 0 Å². The van der Waals surface area contributed by atoms with Crippen LogP contribution in [-0.2, 0) is 0 Å². The Bertz CT molecular complexity index is 145. The number of aliphatic hydroxyl groups is 1. The van der Waals surface area contributed by atoms with E-state index in [4.69, 9.17) is 33.2 Å². The normalized spacial score (nSPS) is 17.5. The van der Waals surface area contributed by atoms with E-state index >= 15 is 0 Å². The van der Waals surface area contributed by atoms with Gasteiger partial charge in [0.25, 0.3) is 0 Å². The summed E-state index contributed by atoms with van der Waals surface area (Å²) in [6, 6.07) is -3.03. The minimum atomic E-state index is -3.03. The minimum Gasteiger partial charge on any atom is -0.389 e. The number of rotatable bonds is 4. The van der Waals surface area contributed by atoms with E-state index in [2.05, 4.69) is 6.58 Å². The number of hydrogen-bond acceptors (Lipinski definition) is 1. The van der Waals surface area contributed by atoms with Gasteiger partial charge in [0.2, 0.25) is 0 Å². The predicted octanol–water partition coefficient (Wildman–Crippen LogP) is 2.90.